The van der Waals surface area contributed by atoms with Gasteiger partial charge in [-0.15, -0.1) is 0 Å². The summed E-state index contributed by atoms with van der Waals surface area (Å²) >= 11 is 3.52. The Kier molecular flexibility index (Phi) is 4.64. The van der Waals surface area contributed by atoms with Crippen molar-refractivity contribution in [1.82, 2.24) is 5.32 Å². The molecular formula is C16H22BrNO2. The number of hydrogen-bond acceptors (Lipinski definition) is 3. The van der Waals surface area contributed by atoms with Gasteiger partial charge >= 0.3 is 0 Å². The molecule has 1 N–H and O–H groups in total. The van der Waals surface area contributed by atoms with Crippen LogP contribution in [-0.4, -0.2) is 31.9 Å². The minimum Gasteiger partial charge on any atom is -0.488 e. The predicted octanol–water partition coefficient (Wildman–Crippen LogP) is 3.16. The van der Waals surface area contributed by atoms with Gasteiger partial charge in [-0.25, -0.2) is 0 Å². The molecule has 0 aliphatic carbocycles. The largest absolute Gasteiger partial charge is 0.488 e. The van der Waals surface area contributed by atoms with Crippen molar-refractivity contribution in [2.24, 2.45) is 5.92 Å². The van der Waals surface area contributed by atoms with Crippen LogP contribution in [0.25, 0.3) is 0 Å². The summed E-state index contributed by atoms with van der Waals surface area (Å²) in [5.41, 5.74) is 1.31. The lowest BCUT2D eigenvalue weighted by atomic mass is 9.93. The second-order valence-electron chi connectivity index (χ2n) is 5.84. The number of hydrogen-bond donors (Lipinski definition) is 1. The van der Waals surface area contributed by atoms with E-state index in [1.165, 1.54) is 18.4 Å². The van der Waals surface area contributed by atoms with Crippen LogP contribution in [0.5, 0.6) is 5.75 Å². The third-order valence-corrected chi connectivity index (χ3v) is 4.90. The van der Waals surface area contributed by atoms with Crippen molar-refractivity contribution >= 4 is 15.9 Å². The highest BCUT2D eigenvalue weighted by Gasteiger charge is 2.25. The van der Waals surface area contributed by atoms with Crippen LogP contribution in [0.1, 0.15) is 25.3 Å². The lowest BCUT2D eigenvalue weighted by Crippen LogP contribution is -2.41. The molecule has 0 spiro atoms. The second kappa shape index (κ2) is 6.46. The number of fused-ring (bicyclic) bond motifs is 1. The highest BCUT2D eigenvalue weighted by Crippen LogP contribution is 2.31. The van der Waals surface area contributed by atoms with Gasteiger partial charge < -0.3 is 14.8 Å². The molecule has 2 heterocycles. The first-order valence-corrected chi connectivity index (χ1v) is 8.28. The molecule has 3 rings (SSSR count). The molecule has 1 fully saturated rings. The molecule has 110 valence electrons. The third kappa shape index (κ3) is 3.35. The fraction of sp³-hybridized carbons (Fsp3) is 0.625. The topological polar surface area (TPSA) is 30.5 Å². The monoisotopic (exact) mass is 339 g/mol. The van der Waals surface area contributed by atoms with E-state index in [9.17, 15) is 0 Å². The molecule has 1 saturated heterocycles. The van der Waals surface area contributed by atoms with Crippen LogP contribution in [0.2, 0.25) is 0 Å². The SMILES string of the molecule is CC(NCC1Cc2cc(Br)ccc2O1)C1CCOCC1. The van der Waals surface area contributed by atoms with Crippen LogP contribution in [0.4, 0.5) is 0 Å². The van der Waals surface area contributed by atoms with Gasteiger partial charge in [-0.3, -0.25) is 0 Å². The minimum atomic E-state index is 0.265. The van der Waals surface area contributed by atoms with Crippen molar-refractivity contribution in [2.75, 3.05) is 19.8 Å². The van der Waals surface area contributed by atoms with Gasteiger partial charge in [0.2, 0.25) is 0 Å². The molecule has 4 heteroatoms. The average molecular weight is 340 g/mol. The van der Waals surface area contributed by atoms with E-state index in [-0.39, 0.29) is 6.10 Å². The van der Waals surface area contributed by atoms with Gasteiger partial charge in [0.15, 0.2) is 0 Å². The summed E-state index contributed by atoms with van der Waals surface area (Å²) in [7, 11) is 0. The Bertz CT molecular complexity index is 460. The summed E-state index contributed by atoms with van der Waals surface area (Å²) in [5.74, 6) is 1.78. The van der Waals surface area contributed by atoms with Crippen LogP contribution in [-0.2, 0) is 11.2 Å². The Hall–Kier alpha value is -0.580. The Balaban J connectivity index is 1.48. The standard InChI is InChI=1S/C16H22BrNO2/c1-11(12-4-6-19-7-5-12)18-10-15-9-13-8-14(17)2-3-16(13)20-15/h2-3,8,11-12,15,18H,4-7,9-10H2,1H3. The highest BCUT2D eigenvalue weighted by atomic mass is 79.9. The second-order valence-corrected chi connectivity index (χ2v) is 6.76. The van der Waals surface area contributed by atoms with Crippen LogP contribution in [0.3, 0.4) is 0 Å². The zero-order valence-electron chi connectivity index (χ0n) is 11.9. The molecule has 1 aromatic carbocycles. The molecule has 0 aromatic heterocycles. The van der Waals surface area contributed by atoms with Crippen molar-refractivity contribution in [3.63, 3.8) is 0 Å². The Morgan fingerprint density at radius 1 is 1.35 bits per heavy atom. The van der Waals surface area contributed by atoms with Gasteiger partial charge in [0.05, 0.1) is 0 Å². The number of rotatable bonds is 4. The van der Waals surface area contributed by atoms with E-state index in [0.717, 1.165) is 42.3 Å². The summed E-state index contributed by atoms with van der Waals surface area (Å²) in [5, 5.41) is 3.65. The van der Waals surface area contributed by atoms with Gasteiger partial charge in [-0.1, -0.05) is 15.9 Å². The average Bonchev–Trinajstić information content (AvgIpc) is 2.87. The summed E-state index contributed by atoms with van der Waals surface area (Å²) in [6, 6.07) is 6.80. The molecule has 0 amide bonds. The predicted molar refractivity (Wildman–Crippen MR) is 83.3 cm³/mol. The molecule has 1 aromatic rings. The molecule has 2 aliphatic rings. The van der Waals surface area contributed by atoms with E-state index in [1.54, 1.807) is 0 Å². The molecule has 2 unspecified atom stereocenters. The van der Waals surface area contributed by atoms with E-state index < -0.39 is 0 Å². The number of ether oxygens (including phenoxy) is 2. The molecule has 20 heavy (non-hydrogen) atoms. The molecular weight excluding hydrogens is 318 g/mol. The number of halogens is 1. The van der Waals surface area contributed by atoms with Crippen LogP contribution in [0.15, 0.2) is 22.7 Å². The zero-order valence-corrected chi connectivity index (χ0v) is 13.5. The van der Waals surface area contributed by atoms with Gasteiger partial charge in [0, 0.05) is 36.7 Å². The van der Waals surface area contributed by atoms with E-state index >= 15 is 0 Å². The lowest BCUT2D eigenvalue weighted by Gasteiger charge is -2.29. The minimum absolute atomic E-state index is 0.265. The van der Waals surface area contributed by atoms with Crippen LogP contribution < -0.4 is 10.1 Å². The molecule has 0 bridgehead atoms. The third-order valence-electron chi connectivity index (χ3n) is 4.40. The highest BCUT2D eigenvalue weighted by molar-refractivity contribution is 9.10. The Morgan fingerprint density at radius 2 is 2.15 bits per heavy atom. The quantitative estimate of drug-likeness (QED) is 0.913. The Morgan fingerprint density at radius 3 is 2.95 bits per heavy atom. The first-order chi connectivity index (χ1) is 9.72. The van der Waals surface area contributed by atoms with Crippen molar-refractivity contribution in [2.45, 2.75) is 38.3 Å². The van der Waals surface area contributed by atoms with Crippen molar-refractivity contribution in [3.8, 4) is 5.75 Å². The van der Waals surface area contributed by atoms with E-state index in [0.29, 0.717) is 6.04 Å². The summed E-state index contributed by atoms with van der Waals surface area (Å²) in [6.45, 7) is 5.03. The van der Waals surface area contributed by atoms with Gasteiger partial charge in [0.25, 0.3) is 0 Å². The van der Waals surface area contributed by atoms with Crippen molar-refractivity contribution < 1.29 is 9.47 Å². The van der Waals surface area contributed by atoms with E-state index in [2.05, 4.69) is 40.3 Å². The number of nitrogens with one attached hydrogen (secondary N) is 1. The first-order valence-electron chi connectivity index (χ1n) is 7.48. The molecule has 2 aliphatic heterocycles. The number of benzene rings is 1. The zero-order chi connectivity index (χ0) is 13.9. The van der Waals surface area contributed by atoms with Gasteiger partial charge in [-0.2, -0.15) is 0 Å². The summed E-state index contributed by atoms with van der Waals surface area (Å²) < 4.78 is 12.5. The van der Waals surface area contributed by atoms with Gasteiger partial charge in [0.1, 0.15) is 11.9 Å². The van der Waals surface area contributed by atoms with Gasteiger partial charge in [-0.05, 0) is 49.4 Å². The van der Waals surface area contributed by atoms with Crippen LogP contribution >= 0.6 is 15.9 Å². The fourth-order valence-corrected chi connectivity index (χ4v) is 3.51. The summed E-state index contributed by atoms with van der Waals surface area (Å²) in [6.07, 6.45) is 3.61. The molecule has 3 nitrogen and oxygen atoms in total. The Labute approximate surface area is 129 Å². The maximum atomic E-state index is 5.99. The molecule has 0 radical (unpaired) electrons. The smallest absolute Gasteiger partial charge is 0.123 e. The lowest BCUT2D eigenvalue weighted by molar-refractivity contribution is 0.0546. The first kappa shape index (κ1) is 14.4. The van der Waals surface area contributed by atoms with E-state index in [4.69, 9.17) is 9.47 Å². The van der Waals surface area contributed by atoms with Crippen molar-refractivity contribution in [1.29, 1.82) is 0 Å². The normalized spacial score (nSPS) is 24.2. The summed E-state index contributed by atoms with van der Waals surface area (Å²) in [4.78, 5) is 0. The molecule has 0 saturated carbocycles. The maximum Gasteiger partial charge on any atom is 0.123 e. The maximum absolute atomic E-state index is 5.99. The van der Waals surface area contributed by atoms with Crippen molar-refractivity contribution in [3.05, 3.63) is 28.2 Å². The van der Waals surface area contributed by atoms with Crippen LogP contribution in [0, 0.1) is 5.92 Å². The molecule has 2 atom stereocenters. The fourth-order valence-electron chi connectivity index (χ4n) is 3.10. The van der Waals surface area contributed by atoms with E-state index in [1.807, 2.05) is 6.07 Å².